The Morgan fingerprint density at radius 1 is 1.33 bits per heavy atom. The van der Waals surface area contributed by atoms with E-state index in [2.05, 4.69) is 21.0 Å². The lowest BCUT2D eigenvalue weighted by atomic mass is 10.3. The van der Waals surface area contributed by atoms with Gasteiger partial charge in [0.1, 0.15) is 12.4 Å². The van der Waals surface area contributed by atoms with Gasteiger partial charge in [0, 0.05) is 10.7 Å². The van der Waals surface area contributed by atoms with Crippen molar-refractivity contribution in [1.82, 2.24) is 9.78 Å². The van der Waals surface area contributed by atoms with E-state index in [1.807, 2.05) is 24.3 Å². The first-order valence-electron chi connectivity index (χ1n) is 5.30. The van der Waals surface area contributed by atoms with Crippen LogP contribution in [0.25, 0.3) is 0 Å². The molecule has 2 aromatic rings. The molecule has 1 aromatic carbocycles. The zero-order valence-corrected chi connectivity index (χ0v) is 11.0. The Hall–Kier alpha value is -1.82. The van der Waals surface area contributed by atoms with Crippen molar-refractivity contribution in [3.05, 3.63) is 46.7 Å². The average Bonchev–Trinajstić information content (AvgIpc) is 2.81. The van der Waals surface area contributed by atoms with Crippen LogP contribution in [-0.2, 0) is 6.54 Å². The number of carboxylic acid groups (broad SMARTS) is 1. The highest BCUT2D eigenvalue weighted by Gasteiger charge is 2.06. The molecule has 0 aliphatic carbocycles. The van der Waals surface area contributed by atoms with Crippen LogP contribution in [0.5, 0.6) is 5.75 Å². The van der Waals surface area contributed by atoms with Crippen molar-refractivity contribution in [2.45, 2.75) is 6.54 Å². The Labute approximate surface area is 112 Å². The maximum Gasteiger partial charge on any atom is 0.356 e. The second kappa shape index (κ2) is 5.68. The summed E-state index contributed by atoms with van der Waals surface area (Å²) in [7, 11) is 0. The van der Waals surface area contributed by atoms with Gasteiger partial charge in [-0.15, -0.1) is 0 Å². The van der Waals surface area contributed by atoms with Gasteiger partial charge in [-0.1, -0.05) is 15.9 Å². The minimum Gasteiger partial charge on any atom is -0.492 e. The van der Waals surface area contributed by atoms with Crippen molar-refractivity contribution in [2.75, 3.05) is 6.61 Å². The van der Waals surface area contributed by atoms with E-state index in [4.69, 9.17) is 9.84 Å². The van der Waals surface area contributed by atoms with Gasteiger partial charge in [-0.25, -0.2) is 4.79 Å². The largest absolute Gasteiger partial charge is 0.492 e. The number of aromatic carboxylic acids is 1. The van der Waals surface area contributed by atoms with Crippen LogP contribution in [0.2, 0.25) is 0 Å². The average molecular weight is 311 g/mol. The number of rotatable bonds is 5. The molecule has 5 nitrogen and oxygen atoms in total. The molecule has 0 amide bonds. The van der Waals surface area contributed by atoms with Gasteiger partial charge in [0.25, 0.3) is 0 Å². The SMILES string of the molecule is O=C(O)c1ccn(CCOc2ccc(Br)cc2)n1. The highest BCUT2D eigenvalue weighted by molar-refractivity contribution is 9.10. The third-order valence-electron chi connectivity index (χ3n) is 2.26. The number of ether oxygens (including phenoxy) is 1. The Morgan fingerprint density at radius 3 is 2.67 bits per heavy atom. The second-order valence-electron chi connectivity index (χ2n) is 3.57. The molecule has 0 unspecified atom stereocenters. The van der Waals surface area contributed by atoms with Crippen LogP contribution in [-0.4, -0.2) is 27.5 Å². The Morgan fingerprint density at radius 2 is 2.06 bits per heavy atom. The van der Waals surface area contributed by atoms with Crippen LogP contribution in [0.15, 0.2) is 41.0 Å². The Bertz CT molecular complexity index is 537. The lowest BCUT2D eigenvalue weighted by Gasteiger charge is -2.06. The van der Waals surface area contributed by atoms with Crippen molar-refractivity contribution in [3.8, 4) is 5.75 Å². The van der Waals surface area contributed by atoms with E-state index in [1.54, 1.807) is 10.9 Å². The van der Waals surface area contributed by atoms with Gasteiger partial charge < -0.3 is 9.84 Å². The van der Waals surface area contributed by atoms with Gasteiger partial charge in [-0.05, 0) is 30.3 Å². The van der Waals surface area contributed by atoms with Crippen molar-refractivity contribution < 1.29 is 14.6 Å². The molecule has 0 aliphatic rings. The summed E-state index contributed by atoms with van der Waals surface area (Å²) in [4.78, 5) is 10.6. The van der Waals surface area contributed by atoms with Crippen molar-refractivity contribution in [1.29, 1.82) is 0 Å². The van der Waals surface area contributed by atoms with Crippen LogP contribution in [0.4, 0.5) is 0 Å². The molecule has 0 radical (unpaired) electrons. The molecule has 1 aromatic heterocycles. The van der Waals surface area contributed by atoms with Gasteiger partial charge >= 0.3 is 5.97 Å². The van der Waals surface area contributed by atoms with Crippen molar-refractivity contribution >= 4 is 21.9 Å². The summed E-state index contributed by atoms with van der Waals surface area (Å²) in [5.41, 5.74) is 0.0404. The lowest BCUT2D eigenvalue weighted by molar-refractivity contribution is 0.0689. The molecule has 1 N–H and O–H groups in total. The molecule has 0 saturated heterocycles. The second-order valence-corrected chi connectivity index (χ2v) is 4.49. The van der Waals surface area contributed by atoms with Gasteiger partial charge in [0.2, 0.25) is 0 Å². The normalized spacial score (nSPS) is 10.3. The van der Waals surface area contributed by atoms with E-state index < -0.39 is 5.97 Å². The molecule has 2 rings (SSSR count). The van der Waals surface area contributed by atoms with E-state index in [1.165, 1.54) is 6.07 Å². The molecular formula is C12H11BrN2O3. The standard InChI is InChI=1S/C12H11BrN2O3/c13-9-1-3-10(4-2-9)18-8-7-15-6-5-11(14-15)12(16)17/h1-6H,7-8H2,(H,16,17). The van der Waals surface area contributed by atoms with Crippen LogP contribution >= 0.6 is 15.9 Å². The Balaban J connectivity index is 1.84. The van der Waals surface area contributed by atoms with Crippen LogP contribution in [0, 0.1) is 0 Å². The number of aromatic nitrogens is 2. The maximum absolute atomic E-state index is 10.6. The summed E-state index contributed by atoms with van der Waals surface area (Å²) < 4.78 is 8.04. The van der Waals surface area contributed by atoms with Crippen LogP contribution < -0.4 is 4.74 Å². The number of hydrogen-bond donors (Lipinski definition) is 1. The van der Waals surface area contributed by atoms with Crippen molar-refractivity contribution in [2.24, 2.45) is 0 Å². The summed E-state index contributed by atoms with van der Waals surface area (Å²) in [6.45, 7) is 0.936. The number of benzene rings is 1. The first-order valence-corrected chi connectivity index (χ1v) is 6.09. The van der Waals surface area contributed by atoms with E-state index >= 15 is 0 Å². The number of carbonyl (C=O) groups is 1. The predicted octanol–water partition coefficient (Wildman–Crippen LogP) is 2.42. The van der Waals surface area contributed by atoms with E-state index in [-0.39, 0.29) is 5.69 Å². The number of hydrogen-bond acceptors (Lipinski definition) is 3. The number of carboxylic acids is 1. The zero-order chi connectivity index (χ0) is 13.0. The highest BCUT2D eigenvalue weighted by Crippen LogP contribution is 2.15. The fourth-order valence-electron chi connectivity index (χ4n) is 1.39. The smallest absolute Gasteiger partial charge is 0.356 e. The quantitative estimate of drug-likeness (QED) is 0.921. The maximum atomic E-state index is 10.6. The van der Waals surface area contributed by atoms with Gasteiger partial charge in [-0.2, -0.15) is 5.10 Å². The fourth-order valence-corrected chi connectivity index (χ4v) is 1.65. The summed E-state index contributed by atoms with van der Waals surface area (Å²) in [6.07, 6.45) is 1.62. The first kappa shape index (κ1) is 12.6. The summed E-state index contributed by atoms with van der Waals surface area (Å²) >= 11 is 3.34. The molecule has 0 fully saturated rings. The summed E-state index contributed by atoms with van der Waals surface area (Å²) in [6, 6.07) is 8.96. The molecule has 0 atom stereocenters. The van der Waals surface area contributed by atoms with Crippen molar-refractivity contribution in [3.63, 3.8) is 0 Å². The van der Waals surface area contributed by atoms with E-state index in [9.17, 15) is 4.79 Å². The fraction of sp³-hybridized carbons (Fsp3) is 0.167. The molecule has 6 heteroatoms. The van der Waals surface area contributed by atoms with E-state index in [0.717, 1.165) is 10.2 Å². The zero-order valence-electron chi connectivity index (χ0n) is 9.41. The van der Waals surface area contributed by atoms with Gasteiger partial charge in [0.15, 0.2) is 5.69 Å². The summed E-state index contributed by atoms with van der Waals surface area (Å²) in [5.74, 6) is -0.258. The first-order chi connectivity index (χ1) is 8.65. The molecule has 18 heavy (non-hydrogen) atoms. The summed E-state index contributed by atoms with van der Waals surface area (Å²) in [5, 5.41) is 12.6. The van der Waals surface area contributed by atoms with Crippen LogP contribution in [0.3, 0.4) is 0 Å². The molecular weight excluding hydrogens is 300 g/mol. The van der Waals surface area contributed by atoms with Gasteiger partial charge in [-0.3, -0.25) is 4.68 Å². The molecule has 1 heterocycles. The molecule has 0 aliphatic heterocycles. The lowest BCUT2D eigenvalue weighted by Crippen LogP contribution is -2.09. The molecule has 0 saturated carbocycles. The third-order valence-corrected chi connectivity index (χ3v) is 2.79. The minimum absolute atomic E-state index is 0.0404. The minimum atomic E-state index is -1.03. The van der Waals surface area contributed by atoms with Gasteiger partial charge in [0.05, 0.1) is 6.54 Å². The predicted molar refractivity (Wildman–Crippen MR) is 68.8 cm³/mol. The molecule has 94 valence electrons. The van der Waals surface area contributed by atoms with Crippen LogP contribution in [0.1, 0.15) is 10.5 Å². The van der Waals surface area contributed by atoms with E-state index in [0.29, 0.717) is 13.2 Å². The third kappa shape index (κ3) is 3.33. The number of halogens is 1. The Kier molecular flexibility index (Phi) is 3.99. The molecule has 0 bridgehead atoms. The highest BCUT2D eigenvalue weighted by atomic mass is 79.9. The number of nitrogens with zero attached hydrogens (tertiary/aromatic N) is 2. The molecule has 0 spiro atoms. The topological polar surface area (TPSA) is 64.3 Å². The monoisotopic (exact) mass is 310 g/mol.